The van der Waals surface area contributed by atoms with Crippen LogP contribution in [0.1, 0.15) is 19.3 Å². The molecule has 1 unspecified atom stereocenters. The van der Waals surface area contributed by atoms with Gasteiger partial charge in [-0.25, -0.2) is 0 Å². The van der Waals surface area contributed by atoms with E-state index in [2.05, 4.69) is 6.26 Å². The van der Waals surface area contributed by atoms with Gasteiger partial charge >= 0.3 is 0 Å². The highest BCUT2D eigenvalue weighted by Crippen LogP contribution is 2.19. The lowest BCUT2D eigenvalue weighted by Crippen LogP contribution is -2.34. The number of thioether (sulfide) groups is 1. The van der Waals surface area contributed by atoms with Gasteiger partial charge in [0, 0.05) is 19.3 Å². The van der Waals surface area contributed by atoms with Gasteiger partial charge in [-0.15, -0.1) is 0 Å². The van der Waals surface area contributed by atoms with Crippen molar-refractivity contribution in [2.45, 2.75) is 25.3 Å². The molecule has 0 aromatic heterocycles. The van der Waals surface area contributed by atoms with Crippen LogP contribution in [0.15, 0.2) is 0 Å². The van der Waals surface area contributed by atoms with Gasteiger partial charge in [-0.3, -0.25) is 0 Å². The smallest absolute Gasteiger partial charge is 0.0469 e. The molecule has 3 heteroatoms. The normalized spacial score (nSPS) is 22.5. The largest absolute Gasteiger partial charge is 0.381 e. The first kappa shape index (κ1) is 10.4. The van der Waals surface area contributed by atoms with Crippen molar-refractivity contribution in [1.82, 2.24) is 0 Å². The molecule has 0 radical (unpaired) electrons. The van der Waals surface area contributed by atoms with Gasteiger partial charge in [-0.2, -0.15) is 11.8 Å². The van der Waals surface area contributed by atoms with E-state index in [-0.39, 0.29) is 0 Å². The molecule has 12 heavy (non-hydrogen) atoms. The van der Waals surface area contributed by atoms with Crippen LogP contribution in [-0.4, -0.2) is 31.3 Å². The Morgan fingerprint density at radius 1 is 1.50 bits per heavy atom. The molecular weight excluding hydrogens is 170 g/mol. The van der Waals surface area contributed by atoms with Crippen LogP contribution in [0.4, 0.5) is 0 Å². The molecule has 0 bridgehead atoms. The maximum atomic E-state index is 6.07. The summed E-state index contributed by atoms with van der Waals surface area (Å²) in [5.74, 6) is 1.91. The summed E-state index contributed by atoms with van der Waals surface area (Å²) in [4.78, 5) is 0. The second-order valence-corrected chi connectivity index (χ2v) is 4.38. The molecule has 0 aliphatic carbocycles. The van der Waals surface area contributed by atoms with E-state index < -0.39 is 0 Å². The van der Waals surface area contributed by atoms with Gasteiger partial charge in [0.2, 0.25) is 0 Å². The maximum Gasteiger partial charge on any atom is 0.0469 e. The highest BCUT2D eigenvalue weighted by atomic mass is 32.2. The number of hydrogen-bond donors (Lipinski definition) is 1. The highest BCUT2D eigenvalue weighted by Gasteiger charge is 2.19. The summed E-state index contributed by atoms with van der Waals surface area (Å²) in [7, 11) is 0. The van der Waals surface area contributed by atoms with E-state index in [9.17, 15) is 0 Å². The van der Waals surface area contributed by atoms with Crippen molar-refractivity contribution < 1.29 is 4.74 Å². The van der Waals surface area contributed by atoms with E-state index in [0.717, 1.165) is 32.5 Å². The Bertz CT molecular complexity index is 115. The van der Waals surface area contributed by atoms with Crippen LogP contribution in [0, 0.1) is 5.92 Å². The lowest BCUT2D eigenvalue weighted by atomic mass is 9.91. The summed E-state index contributed by atoms with van der Waals surface area (Å²) in [6.45, 7) is 1.83. The molecule has 0 saturated carbocycles. The van der Waals surface area contributed by atoms with Crippen LogP contribution < -0.4 is 5.73 Å². The molecule has 0 spiro atoms. The highest BCUT2D eigenvalue weighted by molar-refractivity contribution is 7.98. The minimum Gasteiger partial charge on any atom is -0.381 e. The third kappa shape index (κ3) is 3.33. The first-order valence-electron chi connectivity index (χ1n) is 4.67. The van der Waals surface area contributed by atoms with Crippen LogP contribution in [0.25, 0.3) is 0 Å². The lowest BCUT2D eigenvalue weighted by Gasteiger charge is -2.27. The molecular formula is C9H19NOS. The van der Waals surface area contributed by atoms with Gasteiger partial charge in [0.05, 0.1) is 0 Å². The minimum absolute atomic E-state index is 0.404. The Labute approximate surface area is 79.2 Å². The average molecular weight is 189 g/mol. The summed E-state index contributed by atoms with van der Waals surface area (Å²) in [5, 5.41) is 0. The molecule has 0 aromatic rings. The third-order valence-electron chi connectivity index (χ3n) is 2.53. The maximum absolute atomic E-state index is 6.07. The average Bonchev–Trinajstić information content (AvgIpc) is 2.15. The summed E-state index contributed by atoms with van der Waals surface area (Å²) in [6, 6.07) is 0.404. The van der Waals surface area contributed by atoms with Crippen LogP contribution >= 0.6 is 11.8 Å². The fourth-order valence-corrected chi connectivity index (χ4v) is 2.14. The number of nitrogens with two attached hydrogens (primary N) is 1. The summed E-state index contributed by atoms with van der Waals surface area (Å²) in [6.07, 6.45) is 5.62. The molecule has 1 rings (SSSR count). The lowest BCUT2D eigenvalue weighted by molar-refractivity contribution is 0.0582. The monoisotopic (exact) mass is 189 g/mol. The number of rotatable bonds is 4. The quantitative estimate of drug-likeness (QED) is 0.728. The van der Waals surface area contributed by atoms with E-state index in [0.29, 0.717) is 12.0 Å². The predicted molar refractivity (Wildman–Crippen MR) is 54.5 cm³/mol. The Balaban J connectivity index is 2.15. The van der Waals surface area contributed by atoms with Gasteiger partial charge in [-0.1, -0.05) is 0 Å². The molecule has 1 saturated heterocycles. The van der Waals surface area contributed by atoms with E-state index in [1.165, 1.54) is 5.75 Å². The first-order valence-corrected chi connectivity index (χ1v) is 6.06. The predicted octanol–water partition coefficient (Wildman–Crippen LogP) is 1.49. The summed E-state index contributed by atoms with van der Waals surface area (Å²) < 4.78 is 5.29. The van der Waals surface area contributed by atoms with Gasteiger partial charge in [0.1, 0.15) is 0 Å². The van der Waals surface area contributed by atoms with E-state index in [4.69, 9.17) is 10.5 Å². The van der Waals surface area contributed by atoms with Crippen molar-refractivity contribution in [1.29, 1.82) is 0 Å². The van der Waals surface area contributed by atoms with E-state index >= 15 is 0 Å². The molecule has 1 heterocycles. The summed E-state index contributed by atoms with van der Waals surface area (Å²) >= 11 is 1.88. The van der Waals surface area contributed by atoms with Gasteiger partial charge in [-0.05, 0) is 37.2 Å². The van der Waals surface area contributed by atoms with Gasteiger partial charge < -0.3 is 10.5 Å². The SMILES string of the molecule is CSCCC(N)C1CCOCC1. The van der Waals surface area contributed by atoms with Gasteiger partial charge in [0.25, 0.3) is 0 Å². The number of ether oxygens (including phenoxy) is 1. The van der Waals surface area contributed by atoms with Crippen LogP contribution in [0.3, 0.4) is 0 Å². The molecule has 0 amide bonds. The first-order chi connectivity index (χ1) is 5.84. The fraction of sp³-hybridized carbons (Fsp3) is 1.00. The zero-order valence-electron chi connectivity index (χ0n) is 7.79. The van der Waals surface area contributed by atoms with Crippen molar-refractivity contribution in [3.8, 4) is 0 Å². The zero-order valence-corrected chi connectivity index (χ0v) is 8.61. The zero-order chi connectivity index (χ0) is 8.81. The molecule has 2 nitrogen and oxygen atoms in total. The standard InChI is InChI=1S/C9H19NOS/c1-12-7-4-9(10)8-2-5-11-6-3-8/h8-9H,2-7,10H2,1H3. The van der Waals surface area contributed by atoms with Crippen LogP contribution in [0.5, 0.6) is 0 Å². The molecule has 72 valence electrons. The van der Waals surface area contributed by atoms with E-state index in [1.807, 2.05) is 11.8 Å². The Kier molecular flexibility index (Phi) is 5.04. The van der Waals surface area contributed by atoms with Gasteiger partial charge in [0.15, 0.2) is 0 Å². The molecule has 1 aliphatic heterocycles. The Morgan fingerprint density at radius 3 is 2.75 bits per heavy atom. The van der Waals surface area contributed by atoms with Crippen LogP contribution in [0.2, 0.25) is 0 Å². The molecule has 1 aliphatic rings. The van der Waals surface area contributed by atoms with Crippen molar-refractivity contribution in [2.75, 3.05) is 25.2 Å². The topological polar surface area (TPSA) is 35.2 Å². The van der Waals surface area contributed by atoms with E-state index in [1.54, 1.807) is 0 Å². The van der Waals surface area contributed by atoms with Crippen molar-refractivity contribution in [3.63, 3.8) is 0 Å². The molecule has 1 fully saturated rings. The van der Waals surface area contributed by atoms with Crippen molar-refractivity contribution in [3.05, 3.63) is 0 Å². The number of hydrogen-bond acceptors (Lipinski definition) is 3. The molecule has 0 aromatic carbocycles. The summed E-state index contributed by atoms with van der Waals surface area (Å²) in [5.41, 5.74) is 6.07. The molecule has 1 atom stereocenters. The Morgan fingerprint density at radius 2 is 2.17 bits per heavy atom. The molecule has 2 N–H and O–H groups in total. The Hall–Kier alpha value is 0.270. The minimum atomic E-state index is 0.404. The van der Waals surface area contributed by atoms with Crippen molar-refractivity contribution in [2.24, 2.45) is 11.7 Å². The second-order valence-electron chi connectivity index (χ2n) is 3.40. The third-order valence-corrected chi connectivity index (χ3v) is 3.17. The second kappa shape index (κ2) is 5.84. The fourth-order valence-electron chi connectivity index (χ4n) is 1.63. The van der Waals surface area contributed by atoms with Crippen LogP contribution in [-0.2, 0) is 4.74 Å². The van der Waals surface area contributed by atoms with Crippen molar-refractivity contribution >= 4 is 11.8 Å².